The molecular formula is C64H90O26. The molecule has 0 spiro atoms. The van der Waals surface area contributed by atoms with E-state index in [1.807, 2.05) is 0 Å². The van der Waals surface area contributed by atoms with Crippen LogP contribution < -0.4 is 0 Å². The van der Waals surface area contributed by atoms with Crippen molar-refractivity contribution in [1.82, 2.24) is 0 Å². The van der Waals surface area contributed by atoms with Crippen LogP contribution in [0.4, 0.5) is 0 Å². The number of ether oxygens (including phenoxy) is 8. The molecule has 8 aliphatic carbocycles. The largest absolute Gasteiger partial charge is 0.481 e. The number of fused-ring (bicyclic) bond motifs is 2. The highest BCUT2D eigenvalue weighted by molar-refractivity contribution is 5.89. The molecule has 0 radical (unpaired) electrons. The first-order valence-electron chi connectivity index (χ1n) is 30.4. The lowest BCUT2D eigenvalue weighted by molar-refractivity contribution is -0.211. The SMILES string of the molecule is C=C(C)C(=O)OC1(CC(=O)O)C2CC3CC(C2)CC1C3.C=C(C)C(=O)OCC(=O)O.C=C(C)C(=O)OCCOC(=O)C1C2CCC(C2)C1C(=O)O.C=C(C)C(=O)OCCOC(=O)C1CCCCC1C(=O)O.CC(C)C(=O)OCCOC(=O)C1CCCC1C(=O)O. The lowest BCUT2D eigenvalue weighted by Crippen LogP contribution is -2.60. The number of hydrogen-bond acceptors (Lipinski definition) is 21. The van der Waals surface area contributed by atoms with Gasteiger partial charge in [-0.15, -0.1) is 0 Å². The molecule has 5 N–H and O–H groups in total. The van der Waals surface area contributed by atoms with Crippen molar-refractivity contribution in [3.05, 3.63) is 48.6 Å². The first kappa shape index (κ1) is 76.3. The van der Waals surface area contributed by atoms with Gasteiger partial charge in [0.05, 0.1) is 47.8 Å². The summed E-state index contributed by atoms with van der Waals surface area (Å²) in [5.41, 5.74) is 0.315. The molecule has 0 aromatic heterocycles. The minimum atomic E-state index is -1.17. The summed E-state index contributed by atoms with van der Waals surface area (Å²) in [6, 6.07) is 0. The van der Waals surface area contributed by atoms with Crippen LogP contribution in [0, 0.1) is 76.9 Å². The number of carbonyl (C=O) groups is 13. The monoisotopic (exact) mass is 1270 g/mol. The van der Waals surface area contributed by atoms with Gasteiger partial charge in [-0.05, 0) is 128 Å². The molecule has 8 rings (SSSR count). The van der Waals surface area contributed by atoms with E-state index in [9.17, 15) is 72.5 Å². The highest BCUT2D eigenvalue weighted by Crippen LogP contribution is 2.61. The zero-order valence-corrected chi connectivity index (χ0v) is 52.4. The Morgan fingerprint density at radius 1 is 0.411 bits per heavy atom. The van der Waals surface area contributed by atoms with Gasteiger partial charge >= 0.3 is 77.6 Å². The van der Waals surface area contributed by atoms with Crippen molar-refractivity contribution in [3.63, 3.8) is 0 Å². The van der Waals surface area contributed by atoms with E-state index in [1.165, 1.54) is 27.2 Å². The molecule has 502 valence electrons. The predicted molar refractivity (Wildman–Crippen MR) is 314 cm³/mol. The molecule has 8 unspecified atom stereocenters. The van der Waals surface area contributed by atoms with Gasteiger partial charge in [0.2, 0.25) is 0 Å². The van der Waals surface area contributed by atoms with Gasteiger partial charge < -0.3 is 63.4 Å². The number of hydrogen-bond donors (Lipinski definition) is 5. The summed E-state index contributed by atoms with van der Waals surface area (Å²) in [7, 11) is 0. The van der Waals surface area contributed by atoms with Gasteiger partial charge in [0.15, 0.2) is 6.61 Å². The highest BCUT2D eigenvalue weighted by atomic mass is 16.6. The summed E-state index contributed by atoms with van der Waals surface area (Å²) in [5.74, 6) is -10.8. The second-order valence-corrected chi connectivity index (χ2v) is 24.4. The molecule has 8 aliphatic rings. The zero-order valence-electron chi connectivity index (χ0n) is 52.4. The Morgan fingerprint density at radius 2 is 0.789 bits per heavy atom. The molecule has 90 heavy (non-hydrogen) atoms. The minimum Gasteiger partial charge on any atom is -0.481 e. The van der Waals surface area contributed by atoms with Crippen LogP contribution in [0.25, 0.3) is 0 Å². The van der Waals surface area contributed by atoms with Crippen molar-refractivity contribution < 1.29 is 126 Å². The van der Waals surface area contributed by atoms with Crippen LogP contribution in [0.15, 0.2) is 48.6 Å². The number of aliphatic carboxylic acids is 5. The van der Waals surface area contributed by atoms with Crippen molar-refractivity contribution in [2.75, 3.05) is 46.2 Å². The molecule has 8 atom stereocenters. The van der Waals surface area contributed by atoms with Gasteiger partial charge in [0.25, 0.3) is 0 Å². The summed E-state index contributed by atoms with van der Waals surface area (Å²) >= 11 is 0. The van der Waals surface area contributed by atoms with Gasteiger partial charge in [-0.1, -0.05) is 59.4 Å². The van der Waals surface area contributed by atoms with Crippen molar-refractivity contribution in [2.24, 2.45) is 76.9 Å². The third-order valence-corrected chi connectivity index (χ3v) is 17.1. The average Bonchev–Trinajstić information content (AvgIpc) is 0.936. The van der Waals surface area contributed by atoms with Gasteiger partial charge in [-0.2, -0.15) is 0 Å². The molecular weight excluding hydrogens is 1180 g/mol. The van der Waals surface area contributed by atoms with E-state index in [4.69, 9.17) is 48.5 Å². The maximum Gasteiger partial charge on any atom is 0.341 e. The van der Waals surface area contributed by atoms with Gasteiger partial charge in [0.1, 0.15) is 45.2 Å². The van der Waals surface area contributed by atoms with Crippen molar-refractivity contribution in [1.29, 1.82) is 0 Å². The molecule has 8 fully saturated rings. The van der Waals surface area contributed by atoms with Crippen LogP contribution in [-0.4, -0.2) is 155 Å². The third kappa shape index (κ3) is 23.5. The molecule has 0 aromatic carbocycles. The van der Waals surface area contributed by atoms with E-state index in [-0.39, 0.29) is 98.3 Å². The Labute approximate surface area is 523 Å². The second kappa shape index (κ2) is 36.7. The van der Waals surface area contributed by atoms with Crippen LogP contribution in [0.3, 0.4) is 0 Å². The molecule has 6 bridgehead atoms. The van der Waals surface area contributed by atoms with Crippen molar-refractivity contribution in [2.45, 2.75) is 150 Å². The Hall–Kier alpha value is -7.93. The van der Waals surface area contributed by atoms with E-state index in [2.05, 4.69) is 31.1 Å². The fourth-order valence-electron chi connectivity index (χ4n) is 13.0. The molecule has 0 amide bonds. The summed E-state index contributed by atoms with van der Waals surface area (Å²) < 4.78 is 39.5. The summed E-state index contributed by atoms with van der Waals surface area (Å²) in [6.07, 6.45) is 12.3. The Morgan fingerprint density at radius 3 is 1.19 bits per heavy atom. The first-order chi connectivity index (χ1) is 42.2. The van der Waals surface area contributed by atoms with E-state index in [1.54, 1.807) is 20.8 Å². The predicted octanol–water partition coefficient (Wildman–Crippen LogP) is 7.13. The number of esters is 8. The molecule has 0 saturated heterocycles. The lowest BCUT2D eigenvalue weighted by Gasteiger charge is -2.59. The van der Waals surface area contributed by atoms with E-state index >= 15 is 0 Å². The Balaban J connectivity index is 0.000000299. The van der Waals surface area contributed by atoms with Crippen molar-refractivity contribution >= 4 is 77.6 Å². The molecule has 0 heterocycles. The normalized spacial score (nSPS) is 26.7. The second-order valence-electron chi connectivity index (χ2n) is 24.4. The van der Waals surface area contributed by atoms with Crippen LogP contribution in [0.1, 0.15) is 144 Å². The average molecular weight is 1280 g/mol. The van der Waals surface area contributed by atoms with Gasteiger partial charge in [0, 0.05) is 34.1 Å². The quantitative estimate of drug-likeness (QED) is 0.0262. The van der Waals surface area contributed by atoms with Gasteiger partial charge in [-0.3, -0.25) is 38.4 Å². The summed E-state index contributed by atoms with van der Waals surface area (Å²) in [4.78, 5) is 146. The van der Waals surface area contributed by atoms with Crippen LogP contribution in [0.5, 0.6) is 0 Å². The summed E-state index contributed by atoms with van der Waals surface area (Å²) in [5, 5.41) is 44.6. The Kier molecular flexibility index (Phi) is 31.1. The van der Waals surface area contributed by atoms with Crippen LogP contribution in [0.2, 0.25) is 0 Å². The van der Waals surface area contributed by atoms with Crippen LogP contribution in [-0.2, 0) is 100 Å². The van der Waals surface area contributed by atoms with E-state index in [0.717, 1.165) is 64.2 Å². The topological polar surface area (TPSA) is 397 Å². The van der Waals surface area contributed by atoms with E-state index in [0.29, 0.717) is 43.1 Å². The number of carbonyl (C=O) groups excluding carboxylic acids is 8. The van der Waals surface area contributed by atoms with E-state index < -0.39 is 119 Å². The number of carboxylic acids is 5. The zero-order chi connectivity index (χ0) is 67.7. The highest BCUT2D eigenvalue weighted by Gasteiger charge is 2.60. The summed E-state index contributed by atoms with van der Waals surface area (Å²) in [6.45, 7) is 22.4. The van der Waals surface area contributed by atoms with Gasteiger partial charge in [-0.25, -0.2) is 24.0 Å². The fourth-order valence-corrected chi connectivity index (χ4v) is 13.0. The minimum absolute atomic E-state index is 0.00715. The maximum atomic E-state index is 12.1. The smallest absolute Gasteiger partial charge is 0.341 e. The molecule has 26 nitrogen and oxygen atoms in total. The first-order valence-corrected chi connectivity index (χ1v) is 30.4. The standard InChI is InChI=1S/C16H22O4.C15H20O6.C14H20O6.C13H20O6.C6H8O4/c1-9(2)15(19)20-16(8-14(17)18)12-4-10-3-11(6-12)7-13(16)5-10;1-8(2)14(18)20-5-6-21-15(19)12-10-4-3-9(7-10)11(12)13(16)17;1-9(2)13(17)19-7-8-20-14(18)11-6-4-3-5-10(11)12(15)16;1-8(2)12(16)18-6-7-19-13(17)10-5-3-4-9(10)11(14)15;1-4(2)6(9)10-3-5(7)8/h10-13H,1,3-8H2,2H3,(H,17,18);9-12H,1,3-7H2,2H3,(H,16,17);10-11H,1,3-8H2,2H3,(H,15,16);8-10H,3-7H2,1-2H3,(H,14,15);1,3H2,2H3,(H,7,8). The fraction of sp³-hybridized carbons (Fsp3) is 0.672. The third-order valence-electron chi connectivity index (χ3n) is 17.1. The molecule has 0 aliphatic heterocycles. The molecule has 8 saturated carbocycles. The lowest BCUT2D eigenvalue weighted by atomic mass is 9.49. The molecule has 26 heteroatoms. The number of carboxylic acid groups (broad SMARTS) is 5. The molecule has 0 aromatic rings. The Bertz CT molecular complexity index is 2640. The maximum absolute atomic E-state index is 12.1. The van der Waals surface area contributed by atoms with Crippen molar-refractivity contribution in [3.8, 4) is 0 Å². The number of rotatable bonds is 25. The van der Waals surface area contributed by atoms with Crippen LogP contribution >= 0.6 is 0 Å².